The molecule has 2 aromatic rings. The van der Waals surface area contributed by atoms with Crippen LogP contribution in [-0.4, -0.2) is 30.3 Å². The minimum absolute atomic E-state index is 0.0682. The molecule has 0 bridgehead atoms. The number of benzene rings is 2. The fourth-order valence-corrected chi connectivity index (χ4v) is 1.89. The van der Waals surface area contributed by atoms with Crippen molar-refractivity contribution in [3.63, 3.8) is 0 Å². The molecule has 0 aliphatic heterocycles. The zero-order valence-corrected chi connectivity index (χ0v) is 12.1. The Labute approximate surface area is 128 Å². The summed E-state index contributed by atoms with van der Waals surface area (Å²) in [4.78, 5) is 23.3. The predicted octanol–water partition coefficient (Wildman–Crippen LogP) is 2.99. The lowest BCUT2D eigenvalue weighted by Crippen LogP contribution is -2.08. The van der Waals surface area contributed by atoms with Crippen molar-refractivity contribution in [2.75, 3.05) is 13.4 Å². The van der Waals surface area contributed by atoms with Crippen molar-refractivity contribution in [3.8, 4) is 5.75 Å². The number of carbonyl (C=O) groups is 2. The lowest BCUT2D eigenvalue weighted by atomic mass is 10.0. The van der Waals surface area contributed by atoms with Crippen LogP contribution in [0.25, 0.3) is 0 Å². The molecule has 0 spiro atoms. The third-order valence-corrected chi connectivity index (χ3v) is 3.03. The summed E-state index contributed by atoms with van der Waals surface area (Å²) >= 11 is 0. The van der Waals surface area contributed by atoms with Gasteiger partial charge >= 0.3 is 5.97 Å². The molecular formula is C17H16O5. The maximum Gasteiger partial charge on any atom is 0.335 e. The van der Waals surface area contributed by atoms with Gasteiger partial charge < -0.3 is 14.6 Å². The molecule has 0 fully saturated rings. The van der Waals surface area contributed by atoms with Crippen molar-refractivity contribution < 1.29 is 24.2 Å². The number of ketones is 1. The van der Waals surface area contributed by atoms with Crippen LogP contribution in [0.15, 0.2) is 48.5 Å². The Morgan fingerprint density at radius 2 is 1.64 bits per heavy atom. The van der Waals surface area contributed by atoms with E-state index in [1.165, 1.54) is 24.3 Å². The molecule has 0 amide bonds. The molecule has 0 heterocycles. The number of carboxylic acids is 1. The largest absolute Gasteiger partial charge is 0.478 e. The van der Waals surface area contributed by atoms with Gasteiger partial charge in [-0.05, 0) is 31.2 Å². The number of hydrogen-bond donors (Lipinski definition) is 1. The topological polar surface area (TPSA) is 72.8 Å². The molecule has 0 unspecified atom stereocenters. The molecule has 0 aliphatic rings. The Kier molecular flexibility index (Phi) is 5.27. The van der Waals surface area contributed by atoms with E-state index >= 15 is 0 Å². The van der Waals surface area contributed by atoms with Crippen LogP contribution in [0.1, 0.15) is 33.2 Å². The number of aromatic carboxylic acids is 1. The van der Waals surface area contributed by atoms with Gasteiger partial charge in [-0.2, -0.15) is 0 Å². The van der Waals surface area contributed by atoms with E-state index < -0.39 is 5.97 Å². The van der Waals surface area contributed by atoms with Crippen LogP contribution >= 0.6 is 0 Å². The molecule has 0 aromatic heterocycles. The summed E-state index contributed by atoms with van der Waals surface area (Å²) in [6.45, 7) is 2.44. The smallest absolute Gasteiger partial charge is 0.335 e. The molecule has 22 heavy (non-hydrogen) atoms. The number of para-hydroxylation sites is 1. The fraction of sp³-hybridized carbons (Fsp3) is 0.176. The monoisotopic (exact) mass is 300 g/mol. The Morgan fingerprint density at radius 1 is 1.00 bits per heavy atom. The summed E-state index contributed by atoms with van der Waals surface area (Å²) < 4.78 is 10.6. The maximum atomic E-state index is 12.5. The quantitative estimate of drug-likeness (QED) is 0.483. The summed E-state index contributed by atoms with van der Waals surface area (Å²) in [7, 11) is 0. The molecule has 0 saturated carbocycles. The second kappa shape index (κ2) is 7.38. The molecule has 114 valence electrons. The second-order valence-corrected chi connectivity index (χ2v) is 4.46. The zero-order valence-electron chi connectivity index (χ0n) is 12.1. The first-order valence-corrected chi connectivity index (χ1v) is 6.81. The van der Waals surface area contributed by atoms with Gasteiger partial charge in [-0.15, -0.1) is 0 Å². The van der Waals surface area contributed by atoms with Crippen LogP contribution in [0.2, 0.25) is 0 Å². The van der Waals surface area contributed by atoms with Gasteiger partial charge in [0.2, 0.25) is 0 Å². The maximum absolute atomic E-state index is 12.5. The van der Waals surface area contributed by atoms with Crippen molar-refractivity contribution in [1.29, 1.82) is 0 Å². The molecule has 1 N–H and O–H groups in total. The first-order chi connectivity index (χ1) is 10.6. The predicted molar refractivity (Wildman–Crippen MR) is 80.4 cm³/mol. The van der Waals surface area contributed by atoms with E-state index in [0.29, 0.717) is 23.5 Å². The third-order valence-electron chi connectivity index (χ3n) is 3.03. The Hall–Kier alpha value is -2.66. The summed E-state index contributed by atoms with van der Waals surface area (Å²) in [6.07, 6.45) is 0. The van der Waals surface area contributed by atoms with Gasteiger partial charge in [0.25, 0.3) is 0 Å². The van der Waals surface area contributed by atoms with E-state index in [-0.39, 0.29) is 18.1 Å². The molecule has 5 nitrogen and oxygen atoms in total. The average molecular weight is 300 g/mol. The summed E-state index contributed by atoms with van der Waals surface area (Å²) in [5, 5.41) is 8.88. The number of rotatable bonds is 7. The van der Waals surface area contributed by atoms with Gasteiger partial charge in [-0.3, -0.25) is 4.79 Å². The van der Waals surface area contributed by atoms with Crippen LogP contribution in [0, 0.1) is 0 Å². The third kappa shape index (κ3) is 3.71. The molecule has 5 heteroatoms. The Bertz CT molecular complexity index is 661. The van der Waals surface area contributed by atoms with Gasteiger partial charge in [0.1, 0.15) is 5.75 Å². The van der Waals surface area contributed by atoms with Gasteiger partial charge in [0, 0.05) is 12.2 Å². The molecule has 0 atom stereocenters. The van der Waals surface area contributed by atoms with Gasteiger partial charge in [-0.25, -0.2) is 4.79 Å². The second-order valence-electron chi connectivity index (χ2n) is 4.46. The lowest BCUT2D eigenvalue weighted by molar-refractivity contribution is 0.0220. The zero-order chi connectivity index (χ0) is 15.9. The number of carbonyl (C=O) groups excluding carboxylic acids is 1. The average Bonchev–Trinajstić information content (AvgIpc) is 2.55. The SMILES string of the molecule is CCOCOc1ccccc1C(=O)c1ccc(C(=O)O)cc1. The number of ether oxygens (including phenoxy) is 2. The molecule has 2 aromatic carbocycles. The van der Waals surface area contributed by atoms with Crippen molar-refractivity contribution >= 4 is 11.8 Å². The molecule has 2 rings (SSSR count). The van der Waals surface area contributed by atoms with E-state index in [9.17, 15) is 9.59 Å². The van der Waals surface area contributed by atoms with E-state index in [4.69, 9.17) is 14.6 Å². The van der Waals surface area contributed by atoms with E-state index in [1.54, 1.807) is 24.3 Å². The highest BCUT2D eigenvalue weighted by Gasteiger charge is 2.15. The van der Waals surface area contributed by atoms with Crippen molar-refractivity contribution in [3.05, 3.63) is 65.2 Å². The molecule has 0 radical (unpaired) electrons. The highest BCUT2D eigenvalue weighted by Crippen LogP contribution is 2.22. The Morgan fingerprint density at radius 3 is 2.27 bits per heavy atom. The van der Waals surface area contributed by atoms with Crippen LogP contribution in [0.3, 0.4) is 0 Å². The highest BCUT2D eigenvalue weighted by atomic mass is 16.7. The van der Waals surface area contributed by atoms with Gasteiger partial charge in [-0.1, -0.05) is 24.3 Å². The molecule has 0 saturated heterocycles. The van der Waals surface area contributed by atoms with Crippen LogP contribution in [-0.2, 0) is 4.74 Å². The molecule has 0 aliphatic carbocycles. The van der Waals surface area contributed by atoms with Crippen LogP contribution in [0.5, 0.6) is 5.75 Å². The standard InChI is InChI=1S/C17H16O5/c1-2-21-11-22-15-6-4-3-5-14(15)16(18)12-7-9-13(10-8-12)17(19)20/h3-10H,2,11H2,1H3,(H,19,20). The van der Waals surface area contributed by atoms with Gasteiger partial charge in [0.05, 0.1) is 11.1 Å². The summed E-state index contributed by atoms with van der Waals surface area (Å²) in [5.41, 5.74) is 0.945. The summed E-state index contributed by atoms with van der Waals surface area (Å²) in [6, 6.07) is 12.7. The number of carboxylic acid groups (broad SMARTS) is 1. The first kappa shape index (κ1) is 15.7. The highest BCUT2D eigenvalue weighted by molar-refractivity contribution is 6.11. The van der Waals surface area contributed by atoms with Crippen LogP contribution < -0.4 is 4.74 Å². The van der Waals surface area contributed by atoms with Gasteiger partial charge in [0.15, 0.2) is 12.6 Å². The van der Waals surface area contributed by atoms with Crippen molar-refractivity contribution in [2.45, 2.75) is 6.92 Å². The molecular weight excluding hydrogens is 284 g/mol. The van der Waals surface area contributed by atoms with Crippen molar-refractivity contribution in [2.24, 2.45) is 0 Å². The Balaban J connectivity index is 2.23. The number of hydrogen-bond acceptors (Lipinski definition) is 4. The normalized spacial score (nSPS) is 10.2. The first-order valence-electron chi connectivity index (χ1n) is 6.81. The summed E-state index contributed by atoms with van der Waals surface area (Å²) in [5.74, 6) is -0.827. The minimum atomic E-state index is -1.03. The van der Waals surface area contributed by atoms with E-state index in [0.717, 1.165) is 0 Å². The van der Waals surface area contributed by atoms with E-state index in [2.05, 4.69) is 0 Å². The minimum Gasteiger partial charge on any atom is -0.478 e. The lowest BCUT2D eigenvalue weighted by Gasteiger charge is -2.10. The van der Waals surface area contributed by atoms with Crippen molar-refractivity contribution in [1.82, 2.24) is 0 Å². The van der Waals surface area contributed by atoms with E-state index in [1.807, 2.05) is 6.92 Å². The van der Waals surface area contributed by atoms with Crippen LogP contribution in [0.4, 0.5) is 0 Å². The fourth-order valence-electron chi connectivity index (χ4n) is 1.89.